The molecule has 0 radical (unpaired) electrons. The third-order valence-corrected chi connectivity index (χ3v) is 13.5. The fraction of sp³-hybridized carbons (Fsp3) is 0.429. The molecule has 3 aliphatic heterocycles. The molecule has 21 nitrogen and oxygen atoms in total. The molecule has 77 heavy (non-hydrogen) atoms. The summed E-state index contributed by atoms with van der Waals surface area (Å²) in [7, 11) is 1.80. The number of rotatable bonds is 17. The van der Waals surface area contributed by atoms with Gasteiger partial charge < -0.3 is 55.5 Å². The highest BCUT2D eigenvalue weighted by Crippen LogP contribution is 2.43. The maximum Gasteiger partial charge on any atom is 0.415 e. The average Bonchev–Trinajstić information content (AvgIpc) is 3.91. The Labute approximate surface area is 448 Å². The van der Waals surface area contributed by atoms with Gasteiger partial charge in [0.05, 0.1) is 18.6 Å². The number of hydrogen-bond donors (Lipinski definition) is 5. The Morgan fingerprint density at radius 1 is 0.753 bits per heavy atom. The predicted molar refractivity (Wildman–Crippen MR) is 290 cm³/mol. The number of benzene rings is 4. The lowest BCUT2D eigenvalue weighted by Gasteiger charge is -2.43. The van der Waals surface area contributed by atoms with E-state index in [1.807, 2.05) is 45.0 Å². The predicted octanol–water partition coefficient (Wildman–Crippen LogP) is 6.86. The fourth-order valence-electron chi connectivity index (χ4n) is 9.54. The van der Waals surface area contributed by atoms with Crippen molar-refractivity contribution in [2.24, 2.45) is 0 Å². The number of carbonyl (C=O) groups excluding carboxylic acids is 8. The molecule has 2 saturated heterocycles. The Hall–Kier alpha value is -8.20. The molecule has 7 rings (SSSR count). The molecule has 3 heterocycles. The van der Waals surface area contributed by atoms with E-state index in [9.17, 15) is 38.4 Å². The largest absolute Gasteiger partial charge is 0.492 e. The number of urea groups is 1. The SMILES string of the molecule is CCC(=O)N1c2ccccc2[C@H](N(C(=O)OCc2ccc(NC(=O)[C@@H]3CCCN3C(=O)CNC(=O)OC(C)(C)C)cc2)c2ccc(NC(=O)CNC(=O)Nc3ccc(OCCN4CCN(C)C(=O)[C@H]4C)cc3)cc2)C[C@@H]1C. The first-order valence-electron chi connectivity index (χ1n) is 26.0. The molecule has 3 aliphatic rings. The molecule has 4 aromatic carbocycles. The van der Waals surface area contributed by atoms with Crippen molar-refractivity contribution < 1.29 is 52.6 Å². The maximum absolute atomic E-state index is 14.4. The number of hydrogen-bond acceptors (Lipinski definition) is 12. The number of fused-ring (bicyclic) bond motifs is 1. The zero-order valence-electron chi connectivity index (χ0n) is 44.8. The molecule has 0 unspecified atom stereocenters. The number of para-hydroxylation sites is 1. The molecule has 21 heteroatoms. The molecule has 0 aromatic heterocycles. The lowest BCUT2D eigenvalue weighted by Crippen LogP contribution is -2.55. The van der Waals surface area contributed by atoms with Crippen LogP contribution < -0.4 is 41.1 Å². The molecule has 0 saturated carbocycles. The van der Waals surface area contributed by atoms with E-state index in [-0.39, 0.29) is 49.5 Å². The van der Waals surface area contributed by atoms with Gasteiger partial charge >= 0.3 is 18.2 Å². The number of nitrogens with one attached hydrogen (secondary N) is 5. The standard InChI is InChI=1S/C56H70N10O11/c1-8-49(68)65-36(2)32-47(44-12-9-10-13-45(44)65)66(55(74)76-35-38-15-17-40(18-16-38)60-51(70)46-14-11-27-64(46)50(69)34-58-54(73)77-56(4,5)6)42-23-19-39(20-24-42)59-48(67)33-57-53(72)61-41-21-25-43(26-22-41)75-31-30-63-29-28-62(7)52(71)37(63)3/h9-10,12-13,15-26,36-37,46-47H,8,11,14,27-35H2,1-7H3,(H,58,73)(H,59,67)(H,60,70)(H2,57,61,72)/t36-,37+,46-,47+/m0/s1. The van der Waals surface area contributed by atoms with E-state index in [0.29, 0.717) is 91.7 Å². The maximum atomic E-state index is 14.4. The van der Waals surface area contributed by atoms with Crippen molar-refractivity contribution in [2.75, 3.05) is 78.7 Å². The van der Waals surface area contributed by atoms with Crippen molar-refractivity contribution in [3.8, 4) is 5.75 Å². The Morgan fingerprint density at radius 3 is 2.12 bits per heavy atom. The van der Waals surface area contributed by atoms with Crippen molar-refractivity contribution in [3.05, 3.63) is 108 Å². The smallest absolute Gasteiger partial charge is 0.415 e. The number of anilines is 5. The van der Waals surface area contributed by atoms with Gasteiger partial charge in [-0.1, -0.05) is 37.3 Å². The quantitative estimate of drug-likeness (QED) is 0.0729. The van der Waals surface area contributed by atoms with Crippen LogP contribution in [0.2, 0.25) is 0 Å². The Morgan fingerprint density at radius 2 is 1.42 bits per heavy atom. The average molecular weight is 1060 g/mol. The molecule has 2 fully saturated rings. The van der Waals surface area contributed by atoms with E-state index in [2.05, 4.69) is 31.5 Å². The number of likely N-dealkylation sites (tertiary alicyclic amines) is 1. The van der Waals surface area contributed by atoms with Gasteiger partial charge in [-0.25, -0.2) is 14.4 Å². The minimum atomic E-state index is -0.727. The molecule has 9 amide bonds. The molecule has 5 N–H and O–H groups in total. The van der Waals surface area contributed by atoms with Crippen LogP contribution in [-0.2, 0) is 40.1 Å². The van der Waals surface area contributed by atoms with Crippen LogP contribution in [0.4, 0.5) is 42.8 Å². The summed E-state index contributed by atoms with van der Waals surface area (Å²) < 4.78 is 17.1. The van der Waals surface area contributed by atoms with Crippen LogP contribution in [0.25, 0.3) is 0 Å². The van der Waals surface area contributed by atoms with Gasteiger partial charge in [-0.2, -0.15) is 0 Å². The fourth-order valence-corrected chi connectivity index (χ4v) is 9.54. The summed E-state index contributed by atoms with van der Waals surface area (Å²) in [6.07, 6.45) is 0.382. The second kappa shape index (κ2) is 25.6. The van der Waals surface area contributed by atoms with Crippen molar-refractivity contribution in [1.29, 1.82) is 0 Å². The summed E-state index contributed by atoms with van der Waals surface area (Å²) in [4.78, 5) is 113. The van der Waals surface area contributed by atoms with Crippen molar-refractivity contribution >= 4 is 76.2 Å². The van der Waals surface area contributed by atoms with Crippen LogP contribution in [0.1, 0.15) is 84.4 Å². The van der Waals surface area contributed by atoms with Crippen LogP contribution in [0, 0.1) is 0 Å². The molecule has 410 valence electrons. The molecule has 4 aromatic rings. The summed E-state index contributed by atoms with van der Waals surface area (Å²) >= 11 is 0. The van der Waals surface area contributed by atoms with Gasteiger partial charge in [0.25, 0.3) is 0 Å². The molecule has 0 aliphatic carbocycles. The zero-order valence-corrected chi connectivity index (χ0v) is 44.8. The van der Waals surface area contributed by atoms with Crippen LogP contribution in [-0.4, -0.2) is 139 Å². The minimum absolute atomic E-state index is 0.0471. The molecule has 0 spiro atoms. The Bertz CT molecular complexity index is 2770. The van der Waals surface area contributed by atoms with E-state index in [0.717, 1.165) is 12.1 Å². The first-order valence-corrected chi connectivity index (χ1v) is 26.0. The van der Waals surface area contributed by atoms with Gasteiger partial charge in [0, 0.05) is 74.1 Å². The van der Waals surface area contributed by atoms with Gasteiger partial charge in [-0.15, -0.1) is 0 Å². The van der Waals surface area contributed by atoms with Gasteiger partial charge in [-0.3, -0.25) is 33.8 Å². The van der Waals surface area contributed by atoms with Crippen molar-refractivity contribution in [2.45, 2.75) is 104 Å². The molecule has 0 bridgehead atoms. The highest BCUT2D eigenvalue weighted by molar-refractivity contribution is 6.00. The zero-order chi connectivity index (χ0) is 55.4. The second-order valence-corrected chi connectivity index (χ2v) is 20.2. The highest BCUT2D eigenvalue weighted by Gasteiger charge is 2.39. The van der Waals surface area contributed by atoms with Crippen LogP contribution in [0.3, 0.4) is 0 Å². The van der Waals surface area contributed by atoms with E-state index in [4.69, 9.17) is 14.2 Å². The Kier molecular flexibility index (Phi) is 18.8. The first kappa shape index (κ1) is 56.5. The van der Waals surface area contributed by atoms with Crippen molar-refractivity contribution in [3.63, 3.8) is 0 Å². The minimum Gasteiger partial charge on any atom is -0.492 e. The number of carbonyl (C=O) groups is 8. The van der Waals surface area contributed by atoms with E-state index < -0.39 is 47.7 Å². The second-order valence-electron chi connectivity index (χ2n) is 20.2. The third-order valence-electron chi connectivity index (χ3n) is 13.5. The normalized spacial score (nSPS) is 18.3. The van der Waals surface area contributed by atoms with Gasteiger partial charge in [0.1, 0.15) is 37.2 Å². The lowest BCUT2D eigenvalue weighted by molar-refractivity contribution is -0.139. The van der Waals surface area contributed by atoms with E-state index in [1.54, 1.807) is 115 Å². The lowest BCUT2D eigenvalue weighted by atomic mass is 9.90. The summed E-state index contributed by atoms with van der Waals surface area (Å²) in [5.41, 5.74) is 3.18. The summed E-state index contributed by atoms with van der Waals surface area (Å²) in [6, 6.07) is 25.4. The molecular weight excluding hydrogens is 989 g/mol. The number of likely N-dealkylation sites (N-methyl/N-ethyl adjacent to an activating group) is 1. The number of ether oxygens (including phenoxy) is 3. The molecular formula is C56H70N10O11. The third kappa shape index (κ3) is 15.0. The summed E-state index contributed by atoms with van der Waals surface area (Å²) in [5.74, 6) is -0.621. The van der Waals surface area contributed by atoms with Gasteiger partial charge in [0.15, 0.2) is 0 Å². The monoisotopic (exact) mass is 1060 g/mol. The van der Waals surface area contributed by atoms with Gasteiger partial charge in [0.2, 0.25) is 29.5 Å². The van der Waals surface area contributed by atoms with Crippen LogP contribution in [0.15, 0.2) is 97.1 Å². The first-order chi connectivity index (χ1) is 36.8. The molecule has 4 atom stereocenters. The summed E-state index contributed by atoms with van der Waals surface area (Å²) in [6.45, 7) is 12.8. The Balaban J connectivity index is 0.945. The van der Waals surface area contributed by atoms with Gasteiger partial charge in [-0.05, 0) is 132 Å². The van der Waals surface area contributed by atoms with Crippen LogP contribution >= 0.6 is 0 Å². The van der Waals surface area contributed by atoms with Crippen molar-refractivity contribution in [1.82, 2.24) is 25.3 Å². The number of amides is 9. The van der Waals surface area contributed by atoms with Crippen LogP contribution in [0.5, 0.6) is 5.75 Å². The summed E-state index contributed by atoms with van der Waals surface area (Å²) in [5, 5.41) is 13.4. The number of piperazine rings is 1. The highest BCUT2D eigenvalue weighted by atomic mass is 16.6. The van der Waals surface area contributed by atoms with E-state index >= 15 is 0 Å². The topological polar surface area (TPSA) is 241 Å². The number of nitrogens with zero attached hydrogens (tertiary/aromatic N) is 5. The number of alkyl carbamates (subject to hydrolysis) is 1. The van der Waals surface area contributed by atoms with E-state index in [1.165, 1.54) is 4.90 Å².